The van der Waals surface area contributed by atoms with Gasteiger partial charge in [-0.1, -0.05) is 18.2 Å². The van der Waals surface area contributed by atoms with Crippen molar-refractivity contribution in [3.8, 4) is 17.2 Å². The van der Waals surface area contributed by atoms with Crippen molar-refractivity contribution >= 4 is 11.6 Å². The molecule has 0 aliphatic carbocycles. The van der Waals surface area contributed by atoms with Crippen LogP contribution < -0.4 is 19.5 Å². The summed E-state index contributed by atoms with van der Waals surface area (Å²) in [5.74, 6) is 2.02. The molecule has 25 heavy (non-hydrogen) atoms. The van der Waals surface area contributed by atoms with Crippen molar-refractivity contribution in [3.63, 3.8) is 0 Å². The number of benzene rings is 2. The highest BCUT2D eigenvalue weighted by Crippen LogP contribution is 2.29. The Labute approximate surface area is 148 Å². The van der Waals surface area contributed by atoms with Crippen LogP contribution >= 0.6 is 0 Å². The molecular weight excluding hydrogens is 318 g/mol. The highest BCUT2D eigenvalue weighted by Gasteiger charge is 2.09. The molecule has 0 heterocycles. The molecule has 2 aromatic carbocycles. The van der Waals surface area contributed by atoms with E-state index < -0.39 is 0 Å². The van der Waals surface area contributed by atoms with Gasteiger partial charge < -0.3 is 19.5 Å². The van der Waals surface area contributed by atoms with Gasteiger partial charge in [0.15, 0.2) is 11.5 Å². The minimum absolute atomic E-state index is 0.0556. The molecule has 0 saturated carbocycles. The number of anilines is 1. The first-order valence-corrected chi connectivity index (χ1v) is 8.49. The topological polar surface area (TPSA) is 56.8 Å². The van der Waals surface area contributed by atoms with Crippen molar-refractivity contribution in [1.82, 2.24) is 0 Å². The van der Waals surface area contributed by atoms with Crippen LogP contribution in [0.15, 0.2) is 42.5 Å². The third-order valence-corrected chi connectivity index (χ3v) is 3.63. The number of methoxy groups -OCH3 is 1. The van der Waals surface area contributed by atoms with Crippen LogP contribution in [-0.4, -0.2) is 26.2 Å². The number of hydrogen-bond donors (Lipinski definition) is 1. The molecule has 5 heteroatoms. The molecule has 0 unspecified atom stereocenters. The maximum atomic E-state index is 12.2. The lowest BCUT2D eigenvalue weighted by atomic mass is 10.1. The Morgan fingerprint density at radius 2 is 1.68 bits per heavy atom. The zero-order chi connectivity index (χ0) is 18.1. The lowest BCUT2D eigenvalue weighted by Crippen LogP contribution is -2.13. The summed E-state index contributed by atoms with van der Waals surface area (Å²) >= 11 is 0. The van der Waals surface area contributed by atoms with Gasteiger partial charge >= 0.3 is 0 Å². The number of aryl methyl sites for hydroxylation is 1. The molecule has 134 valence electrons. The molecule has 2 aromatic rings. The normalized spacial score (nSPS) is 10.2. The first-order chi connectivity index (χ1) is 12.2. The minimum atomic E-state index is -0.0556. The second-order valence-electron chi connectivity index (χ2n) is 5.40. The molecule has 0 aliphatic heterocycles. The van der Waals surface area contributed by atoms with Crippen molar-refractivity contribution in [2.24, 2.45) is 0 Å². The summed E-state index contributed by atoms with van der Waals surface area (Å²) < 4.78 is 16.4. The van der Waals surface area contributed by atoms with Crippen molar-refractivity contribution < 1.29 is 19.0 Å². The van der Waals surface area contributed by atoms with Gasteiger partial charge in [-0.25, -0.2) is 0 Å². The van der Waals surface area contributed by atoms with E-state index in [4.69, 9.17) is 14.2 Å². The maximum Gasteiger partial charge on any atom is 0.224 e. The van der Waals surface area contributed by atoms with Crippen molar-refractivity contribution in [2.75, 3.05) is 25.6 Å². The van der Waals surface area contributed by atoms with E-state index in [0.717, 1.165) is 5.56 Å². The highest BCUT2D eigenvalue weighted by atomic mass is 16.5. The lowest BCUT2D eigenvalue weighted by molar-refractivity contribution is -0.116. The van der Waals surface area contributed by atoms with Crippen LogP contribution in [0, 0.1) is 0 Å². The third kappa shape index (κ3) is 5.41. The molecule has 2 rings (SSSR count). The van der Waals surface area contributed by atoms with Crippen molar-refractivity contribution in [3.05, 3.63) is 48.0 Å². The van der Waals surface area contributed by atoms with E-state index in [1.807, 2.05) is 56.3 Å². The fourth-order valence-electron chi connectivity index (χ4n) is 2.46. The second-order valence-corrected chi connectivity index (χ2v) is 5.40. The van der Waals surface area contributed by atoms with Crippen molar-refractivity contribution in [2.45, 2.75) is 26.7 Å². The molecule has 1 amide bonds. The monoisotopic (exact) mass is 343 g/mol. The highest BCUT2D eigenvalue weighted by molar-refractivity contribution is 5.92. The number of nitrogens with one attached hydrogen (secondary N) is 1. The zero-order valence-corrected chi connectivity index (χ0v) is 15.0. The Morgan fingerprint density at radius 3 is 2.40 bits per heavy atom. The Bertz CT molecular complexity index is 700. The molecule has 0 radical (unpaired) electrons. The van der Waals surface area contributed by atoms with Gasteiger partial charge in [-0.05, 0) is 50.1 Å². The van der Waals surface area contributed by atoms with E-state index in [1.165, 1.54) is 0 Å². The van der Waals surface area contributed by atoms with Gasteiger partial charge in [0.25, 0.3) is 0 Å². The van der Waals surface area contributed by atoms with Gasteiger partial charge in [0, 0.05) is 6.42 Å². The predicted octanol–water partition coefficient (Wildman–Crippen LogP) is 4.06. The Balaban J connectivity index is 1.96. The summed E-state index contributed by atoms with van der Waals surface area (Å²) in [7, 11) is 1.61. The summed E-state index contributed by atoms with van der Waals surface area (Å²) in [5.41, 5.74) is 1.71. The standard InChI is InChI=1S/C20H25NO4/c1-4-24-17-9-7-6-8-16(17)21-20(22)13-11-15-10-12-18(25-5-2)19(14-15)23-3/h6-10,12,14H,4-5,11,13H2,1-3H3,(H,21,22). The van der Waals surface area contributed by atoms with Gasteiger partial charge in [0.05, 0.1) is 26.0 Å². The molecule has 0 aromatic heterocycles. The summed E-state index contributed by atoms with van der Waals surface area (Å²) in [6.07, 6.45) is 0.989. The fraction of sp³-hybridized carbons (Fsp3) is 0.350. The molecule has 0 spiro atoms. The quantitative estimate of drug-likeness (QED) is 0.746. The van der Waals surface area contributed by atoms with E-state index in [0.29, 0.717) is 49.0 Å². The molecule has 0 aliphatic rings. The SMILES string of the molecule is CCOc1ccccc1NC(=O)CCc1ccc(OCC)c(OC)c1. The van der Waals surface area contributed by atoms with E-state index >= 15 is 0 Å². The number of hydrogen-bond acceptors (Lipinski definition) is 4. The van der Waals surface area contributed by atoms with Crippen LogP contribution in [0.4, 0.5) is 5.69 Å². The number of ether oxygens (including phenoxy) is 3. The van der Waals surface area contributed by atoms with Crippen LogP contribution in [0.2, 0.25) is 0 Å². The lowest BCUT2D eigenvalue weighted by Gasteiger charge is -2.12. The average Bonchev–Trinajstić information content (AvgIpc) is 2.63. The number of carbonyl (C=O) groups is 1. The second kappa shape index (κ2) is 9.57. The number of rotatable bonds is 9. The van der Waals surface area contributed by atoms with E-state index in [9.17, 15) is 4.79 Å². The van der Waals surface area contributed by atoms with Crippen LogP contribution in [0.25, 0.3) is 0 Å². The van der Waals surface area contributed by atoms with Gasteiger partial charge in [0.2, 0.25) is 5.91 Å². The smallest absolute Gasteiger partial charge is 0.224 e. The summed E-state index contributed by atoms with van der Waals surface area (Å²) in [5, 5.41) is 2.91. The Hall–Kier alpha value is -2.69. The van der Waals surface area contributed by atoms with Crippen LogP contribution in [-0.2, 0) is 11.2 Å². The van der Waals surface area contributed by atoms with E-state index in [1.54, 1.807) is 7.11 Å². The third-order valence-electron chi connectivity index (χ3n) is 3.63. The average molecular weight is 343 g/mol. The molecule has 0 fully saturated rings. The molecule has 0 atom stereocenters. The van der Waals surface area contributed by atoms with Gasteiger partial charge in [-0.15, -0.1) is 0 Å². The Kier molecular flexibility index (Phi) is 7.14. The zero-order valence-electron chi connectivity index (χ0n) is 15.0. The summed E-state index contributed by atoms with van der Waals surface area (Å²) in [6, 6.07) is 13.2. The van der Waals surface area contributed by atoms with Crippen LogP contribution in [0.3, 0.4) is 0 Å². The van der Waals surface area contributed by atoms with Gasteiger partial charge in [-0.3, -0.25) is 4.79 Å². The summed E-state index contributed by atoms with van der Waals surface area (Å²) in [4.78, 5) is 12.2. The first kappa shape index (κ1) is 18.6. The number of amides is 1. The molecule has 0 saturated heterocycles. The number of carbonyl (C=O) groups excluding carboxylic acids is 1. The largest absolute Gasteiger partial charge is 0.493 e. The molecular formula is C20H25NO4. The van der Waals surface area contributed by atoms with E-state index in [-0.39, 0.29) is 5.91 Å². The maximum absolute atomic E-state index is 12.2. The molecule has 1 N–H and O–H groups in total. The number of para-hydroxylation sites is 2. The van der Waals surface area contributed by atoms with Crippen LogP contribution in [0.5, 0.6) is 17.2 Å². The predicted molar refractivity (Wildman–Crippen MR) is 98.7 cm³/mol. The molecule has 5 nitrogen and oxygen atoms in total. The Morgan fingerprint density at radius 1 is 0.960 bits per heavy atom. The van der Waals surface area contributed by atoms with Crippen molar-refractivity contribution in [1.29, 1.82) is 0 Å². The van der Waals surface area contributed by atoms with Gasteiger partial charge in [-0.2, -0.15) is 0 Å². The van der Waals surface area contributed by atoms with E-state index in [2.05, 4.69) is 5.32 Å². The van der Waals surface area contributed by atoms with Gasteiger partial charge in [0.1, 0.15) is 5.75 Å². The first-order valence-electron chi connectivity index (χ1n) is 8.49. The minimum Gasteiger partial charge on any atom is -0.493 e. The summed E-state index contributed by atoms with van der Waals surface area (Å²) in [6.45, 7) is 4.98. The molecule has 0 bridgehead atoms. The fourth-order valence-corrected chi connectivity index (χ4v) is 2.46. The van der Waals surface area contributed by atoms with Crippen LogP contribution in [0.1, 0.15) is 25.8 Å².